The Morgan fingerprint density at radius 1 is 1.14 bits per heavy atom. The number of anilines is 2. The van der Waals surface area contributed by atoms with Crippen molar-refractivity contribution in [1.29, 1.82) is 0 Å². The fourth-order valence-electron chi connectivity index (χ4n) is 3.38. The molecule has 6 nitrogen and oxygen atoms in total. The van der Waals surface area contributed by atoms with Crippen molar-refractivity contribution in [2.45, 2.75) is 33.6 Å². The Morgan fingerprint density at radius 3 is 2.55 bits per heavy atom. The van der Waals surface area contributed by atoms with E-state index in [1.165, 1.54) is 5.56 Å². The van der Waals surface area contributed by atoms with Crippen LogP contribution >= 0.6 is 0 Å². The van der Waals surface area contributed by atoms with Gasteiger partial charge >= 0.3 is 5.97 Å². The molecule has 1 atom stereocenters. The third kappa shape index (κ3) is 5.02. The first-order valence-corrected chi connectivity index (χ1v) is 9.80. The highest BCUT2D eigenvalue weighted by molar-refractivity contribution is 6.00. The van der Waals surface area contributed by atoms with Crippen molar-refractivity contribution in [3.8, 4) is 0 Å². The van der Waals surface area contributed by atoms with E-state index in [9.17, 15) is 14.4 Å². The molecule has 0 aromatic heterocycles. The number of benzene rings is 2. The molecule has 3 rings (SSSR count). The van der Waals surface area contributed by atoms with Crippen LogP contribution in [0.15, 0.2) is 42.5 Å². The highest BCUT2D eigenvalue weighted by Gasteiger charge is 2.36. The monoisotopic (exact) mass is 394 g/mol. The normalized spacial score (nSPS) is 16.0. The lowest BCUT2D eigenvalue weighted by Gasteiger charge is -2.19. The number of amides is 2. The lowest BCUT2D eigenvalue weighted by atomic mass is 10.1. The first kappa shape index (κ1) is 20.6. The molecule has 0 bridgehead atoms. The van der Waals surface area contributed by atoms with E-state index in [1.807, 2.05) is 56.3 Å². The average molecular weight is 394 g/mol. The number of hydrogen-bond acceptors (Lipinski definition) is 4. The summed E-state index contributed by atoms with van der Waals surface area (Å²) in [6, 6.07) is 13.4. The Morgan fingerprint density at radius 2 is 1.86 bits per heavy atom. The molecule has 1 saturated heterocycles. The third-order valence-electron chi connectivity index (χ3n) is 5.11. The smallest absolute Gasteiger partial charge is 0.311 e. The minimum Gasteiger partial charge on any atom is -0.455 e. The van der Waals surface area contributed by atoms with Crippen LogP contribution in [0.4, 0.5) is 11.4 Å². The highest BCUT2D eigenvalue weighted by atomic mass is 16.5. The fourth-order valence-corrected chi connectivity index (χ4v) is 3.38. The molecule has 0 aliphatic carbocycles. The van der Waals surface area contributed by atoms with Gasteiger partial charge in [0, 0.05) is 24.3 Å². The van der Waals surface area contributed by atoms with Gasteiger partial charge < -0.3 is 15.0 Å². The van der Waals surface area contributed by atoms with E-state index in [4.69, 9.17) is 4.74 Å². The molecule has 29 heavy (non-hydrogen) atoms. The standard InChI is InChI=1S/C23H26N2O4/c1-4-17-7-9-19(10-8-17)24-21(26)14-29-23(28)18-12-22(27)25(13-18)20-11-15(2)5-6-16(20)3/h5-11,18H,4,12-14H2,1-3H3,(H,24,26)/t18-/m0/s1. The van der Waals surface area contributed by atoms with E-state index in [-0.39, 0.29) is 25.5 Å². The highest BCUT2D eigenvalue weighted by Crippen LogP contribution is 2.29. The summed E-state index contributed by atoms with van der Waals surface area (Å²) in [6.07, 6.45) is 1.01. The summed E-state index contributed by atoms with van der Waals surface area (Å²) in [4.78, 5) is 38.5. The maximum atomic E-state index is 12.4. The molecule has 2 amide bonds. The van der Waals surface area contributed by atoms with Gasteiger partial charge in [-0.3, -0.25) is 14.4 Å². The maximum Gasteiger partial charge on any atom is 0.311 e. The zero-order valence-electron chi connectivity index (χ0n) is 17.0. The minimum absolute atomic E-state index is 0.0896. The molecule has 1 aliphatic rings. The van der Waals surface area contributed by atoms with Crippen molar-refractivity contribution in [3.63, 3.8) is 0 Å². The lowest BCUT2D eigenvalue weighted by molar-refractivity contribution is -0.151. The second-order valence-electron chi connectivity index (χ2n) is 7.40. The van der Waals surface area contributed by atoms with E-state index in [0.29, 0.717) is 5.69 Å². The summed E-state index contributed by atoms with van der Waals surface area (Å²) in [5.74, 6) is -1.61. The van der Waals surface area contributed by atoms with Crippen LogP contribution in [0.5, 0.6) is 0 Å². The Hall–Kier alpha value is -3.15. The maximum absolute atomic E-state index is 12.4. The van der Waals surface area contributed by atoms with Crippen molar-refractivity contribution in [3.05, 3.63) is 59.2 Å². The van der Waals surface area contributed by atoms with Crippen LogP contribution in [-0.2, 0) is 25.5 Å². The van der Waals surface area contributed by atoms with Gasteiger partial charge in [0.05, 0.1) is 5.92 Å². The number of carbonyl (C=O) groups is 3. The molecule has 152 valence electrons. The minimum atomic E-state index is -0.570. The lowest BCUT2D eigenvalue weighted by Crippen LogP contribution is -2.28. The number of aryl methyl sites for hydroxylation is 3. The predicted molar refractivity (Wildman–Crippen MR) is 112 cm³/mol. The van der Waals surface area contributed by atoms with Crippen LogP contribution in [0.25, 0.3) is 0 Å². The van der Waals surface area contributed by atoms with Crippen molar-refractivity contribution in [2.24, 2.45) is 5.92 Å². The van der Waals surface area contributed by atoms with Crippen LogP contribution in [0.3, 0.4) is 0 Å². The summed E-state index contributed by atoms with van der Waals surface area (Å²) in [6.45, 7) is 5.85. The zero-order chi connectivity index (χ0) is 21.0. The van der Waals surface area contributed by atoms with Crippen LogP contribution in [0.1, 0.15) is 30.0 Å². The van der Waals surface area contributed by atoms with Gasteiger partial charge in [0.2, 0.25) is 5.91 Å². The summed E-state index contributed by atoms with van der Waals surface area (Å²) in [5.41, 5.74) is 4.67. The number of hydrogen-bond donors (Lipinski definition) is 1. The number of ether oxygens (including phenoxy) is 1. The average Bonchev–Trinajstić information content (AvgIpc) is 3.10. The molecule has 1 heterocycles. The molecule has 0 spiro atoms. The number of nitrogens with one attached hydrogen (secondary N) is 1. The van der Waals surface area contributed by atoms with E-state index >= 15 is 0 Å². The number of esters is 1. The van der Waals surface area contributed by atoms with Gasteiger partial charge in [-0.2, -0.15) is 0 Å². The molecule has 0 radical (unpaired) electrons. The Kier molecular flexibility index (Phi) is 6.32. The second kappa shape index (κ2) is 8.90. The zero-order valence-corrected chi connectivity index (χ0v) is 17.0. The van der Waals surface area contributed by atoms with Crippen molar-refractivity contribution in [2.75, 3.05) is 23.4 Å². The Balaban J connectivity index is 1.53. The number of nitrogens with zero attached hydrogens (tertiary/aromatic N) is 1. The van der Waals surface area contributed by atoms with Gasteiger partial charge in [0.25, 0.3) is 5.91 Å². The van der Waals surface area contributed by atoms with Crippen molar-refractivity contribution >= 4 is 29.2 Å². The SMILES string of the molecule is CCc1ccc(NC(=O)COC(=O)[C@H]2CC(=O)N(c3cc(C)ccc3C)C2)cc1. The van der Waals surface area contributed by atoms with Crippen LogP contribution in [-0.4, -0.2) is 30.9 Å². The van der Waals surface area contributed by atoms with Crippen LogP contribution in [0.2, 0.25) is 0 Å². The molecular formula is C23H26N2O4. The van der Waals surface area contributed by atoms with E-state index in [0.717, 1.165) is 23.2 Å². The Bertz CT molecular complexity index is 921. The van der Waals surface area contributed by atoms with E-state index in [1.54, 1.807) is 4.90 Å². The van der Waals surface area contributed by atoms with Gasteiger partial charge in [-0.15, -0.1) is 0 Å². The quantitative estimate of drug-likeness (QED) is 0.762. The summed E-state index contributed by atoms with van der Waals surface area (Å²) in [5, 5.41) is 2.70. The second-order valence-corrected chi connectivity index (χ2v) is 7.40. The van der Waals surface area contributed by atoms with Crippen molar-refractivity contribution < 1.29 is 19.1 Å². The molecule has 0 unspecified atom stereocenters. The summed E-state index contributed by atoms with van der Waals surface area (Å²) < 4.78 is 5.16. The fraction of sp³-hybridized carbons (Fsp3) is 0.348. The Labute approximate surface area is 170 Å². The first-order chi connectivity index (χ1) is 13.9. The molecule has 6 heteroatoms. The predicted octanol–water partition coefficient (Wildman–Crippen LogP) is 3.40. The molecule has 2 aromatic carbocycles. The number of rotatable bonds is 6. The van der Waals surface area contributed by atoms with Gasteiger partial charge in [-0.25, -0.2) is 0 Å². The van der Waals surface area contributed by atoms with Crippen LogP contribution in [0, 0.1) is 19.8 Å². The molecule has 2 aromatic rings. The van der Waals surface area contributed by atoms with Crippen LogP contribution < -0.4 is 10.2 Å². The molecule has 0 saturated carbocycles. The largest absolute Gasteiger partial charge is 0.455 e. The van der Waals surface area contributed by atoms with Gasteiger partial charge in [-0.1, -0.05) is 31.2 Å². The third-order valence-corrected chi connectivity index (χ3v) is 5.11. The topological polar surface area (TPSA) is 75.7 Å². The first-order valence-electron chi connectivity index (χ1n) is 9.80. The van der Waals surface area contributed by atoms with Gasteiger partial charge in [0.1, 0.15) is 0 Å². The van der Waals surface area contributed by atoms with Gasteiger partial charge in [-0.05, 0) is 55.2 Å². The number of carbonyl (C=O) groups excluding carboxylic acids is 3. The summed E-state index contributed by atoms with van der Waals surface area (Å²) in [7, 11) is 0. The molecule has 1 fully saturated rings. The van der Waals surface area contributed by atoms with E-state index < -0.39 is 17.8 Å². The summed E-state index contributed by atoms with van der Waals surface area (Å²) >= 11 is 0. The van der Waals surface area contributed by atoms with Crippen molar-refractivity contribution in [1.82, 2.24) is 0 Å². The molecule has 1 N–H and O–H groups in total. The van der Waals surface area contributed by atoms with Gasteiger partial charge in [0.15, 0.2) is 6.61 Å². The molecular weight excluding hydrogens is 368 g/mol. The van der Waals surface area contributed by atoms with E-state index in [2.05, 4.69) is 12.2 Å². The molecule has 1 aliphatic heterocycles.